The number of nitrogens with zero attached hydrogens (tertiary/aromatic N) is 1. The van der Waals surface area contributed by atoms with Crippen molar-refractivity contribution in [2.24, 2.45) is 5.92 Å². The Morgan fingerprint density at radius 2 is 2.00 bits per heavy atom. The highest BCUT2D eigenvalue weighted by molar-refractivity contribution is 7.89. The van der Waals surface area contributed by atoms with Gasteiger partial charge in [0.05, 0.1) is 23.7 Å². The van der Waals surface area contributed by atoms with Gasteiger partial charge in [-0.25, -0.2) is 12.8 Å². The summed E-state index contributed by atoms with van der Waals surface area (Å²) in [6, 6.07) is 7.99. The molecule has 6 nitrogen and oxygen atoms in total. The molecular weight excluding hydrogens is 442 g/mol. The van der Waals surface area contributed by atoms with Gasteiger partial charge in [0.1, 0.15) is 16.5 Å². The lowest BCUT2D eigenvalue weighted by Gasteiger charge is -2.31. The third-order valence-corrected chi connectivity index (χ3v) is 7.12. The van der Waals surface area contributed by atoms with Crippen molar-refractivity contribution in [2.45, 2.75) is 17.7 Å². The molecule has 1 heterocycles. The van der Waals surface area contributed by atoms with Crippen LogP contribution < -0.4 is 10.1 Å². The van der Waals surface area contributed by atoms with Gasteiger partial charge < -0.3 is 10.1 Å². The number of benzene rings is 2. The number of amides is 1. The number of hydrogen-bond acceptors (Lipinski definition) is 4. The zero-order valence-corrected chi connectivity index (χ0v) is 17.8. The standard InChI is InChI=1S/C19H19Cl2FN2O4S/c1-28-17-7-5-14(22)10-18(17)29(26,27)24-8-2-3-12(11-24)19(25)23-16-6-4-13(20)9-15(16)21/h4-7,9-10,12H,2-3,8,11H2,1H3,(H,23,25)/t12-/m1/s1. The summed E-state index contributed by atoms with van der Waals surface area (Å²) in [5, 5.41) is 3.44. The highest BCUT2D eigenvalue weighted by Gasteiger charge is 2.35. The molecule has 1 aliphatic heterocycles. The highest BCUT2D eigenvalue weighted by Crippen LogP contribution is 2.31. The maximum atomic E-state index is 13.7. The second-order valence-electron chi connectivity index (χ2n) is 6.61. The van der Waals surface area contributed by atoms with E-state index in [0.717, 1.165) is 12.1 Å². The van der Waals surface area contributed by atoms with Crippen molar-refractivity contribution in [3.05, 3.63) is 52.3 Å². The van der Waals surface area contributed by atoms with E-state index in [2.05, 4.69) is 5.32 Å². The predicted octanol–water partition coefficient (Wildman–Crippen LogP) is 4.18. The van der Waals surface area contributed by atoms with Crippen LogP contribution in [0.5, 0.6) is 5.75 Å². The first-order valence-corrected chi connectivity index (χ1v) is 11.0. The van der Waals surface area contributed by atoms with Gasteiger partial charge in [-0.2, -0.15) is 4.31 Å². The molecule has 1 amide bonds. The molecule has 1 aliphatic rings. The molecule has 0 saturated carbocycles. The first-order valence-electron chi connectivity index (χ1n) is 8.82. The van der Waals surface area contributed by atoms with Crippen LogP contribution in [0.4, 0.5) is 10.1 Å². The zero-order chi connectivity index (χ0) is 21.2. The summed E-state index contributed by atoms with van der Waals surface area (Å²) in [5.74, 6) is -1.57. The number of piperidine rings is 1. The number of carbonyl (C=O) groups excluding carboxylic acids is 1. The van der Waals surface area contributed by atoms with E-state index in [0.29, 0.717) is 23.6 Å². The molecule has 0 aliphatic carbocycles. The number of carbonyl (C=O) groups is 1. The van der Waals surface area contributed by atoms with Gasteiger partial charge in [-0.3, -0.25) is 4.79 Å². The van der Waals surface area contributed by atoms with E-state index in [9.17, 15) is 17.6 Å². The Hall–Kier alpha value is -1.87. The van der Waals surface area contributed by atoms with Crippen LogP contribution in [0, 0.1) is 11.7 Å². The van der Waals surface area contributed by atoms with E-state index in [1.807, 2.05) is 0 Å². The molecule has 1 N–H and O–H groups in total. The summed E-state index contributed by atoms with van der Waals surface area (Å²) in [6.07, 6.45) is 1.01. The Morgan fingerprint density at radius 3 is 2.69 bits per heavy atom. The van der Waals surface area contributed by atoms with Gasteiger partial charge in [0.15, 0.2) is 0 Å². The Labute approximate surface area is 178 Å². The first kappa shape index (κ1) is 21.8. The van der Waals surface area contributed by atoms with Crippen LogP contribution >= 0.6 is 23.2 Å². The summed E-state index contributed by atoms with van der Waals surface area (Å²) in [6.45, 7) is 0.201. The fourth-order valence-electron chi connectivity index (χ4n) is 3.19. The second-order valence-corrected chi connectivity index (χ2v) is 9.36. The van der Waals surface area contributed by atoms with Crippen LogP contribution in [-0.2, 0) is 14.8 Å². The minimum atomic E-state index is -4.04. The van der Waals surface area contributed by atoms with Gasteiger partial charge in [0.2, 0.25) is 15.9 Å². The molecule has 156 valence electrons. The molecule has 1 atom stereocenters. The molecule has 3 rings (SSSR count). The monoisotopic (exact) mass is 460 g/mol. The fraction of sp³-hybridized carbons (Fsp3) is 0.316. The fourth-order valence-corrected chi connectivity index (χ4v) is 5.34. The molecule has 0 radical (unpaired) electrons. The van der Waals surface area contributed by atoms with Crippen LogP contribution in [0.1, 0.15) is 12.8 Å². The number of ether oxygens (including phenoxy) is 1. The number of nitrogens with one attached hydrogen (secondary N) is 1. The normalized spacial score (nSPS) is 17.7. The number of methoxy groups -OCH3 is 1. The van der Waals surface area contributed by atoms with Crippen molar-refractivity contribution in [3.8, 4) is 5.75 Å². The third kappa shape index (κ3) is 4.83. The number of rotatable bonds is 5. The van der Waals surface area contributed by atoms with Crippen LogP contribution in [-0.4, -0.2) is 38.8 Å². The lowest BCUT2D eigenvalue weighted by Crippen LogP contribution is -2.43. The minimum Gasteiger partial charge on any atom is -0.495 e. The van der Waals surface area contributed by atoms with Crippen LogP contribution in [0.3, 0.4) is 0 Å². The van der Waals surface area contributed by atoms with Crippen LogP contribution in [0.25, 0.3) is 0 Å². The molecule has 2 aromatic rings. The molecule has 2 aromatic carbocycles. The quantitative estimate of drug-likeness (QED) is 0.725. The topological polar surface area (TPSA) is 75.7 Å². The minimum absolute atomic E-state index is 0.0287. The Bertz CT molecular complexity index is 1030. The van der Waals surface area contributed by atoms with E-state index in [-0.39, 0.29) is 34.7 Å². The van der Waals surface area contributed by atoms with Gasteiger partial charge in [0, 0.05) is 18.1 Å². The van der Waals surface area contributed by atoms with Crippen molar-refractivity contribution < 1.29 is 22.3 Å². The summed E-state index contributed by atoms with van der Waals surface area (Å²) >= 11 is 11.9. The molecule has 0 bridgehead atoms. The average molecular weight is 461 g/mol. The Kier molecular flexibility index (Phi) is 6.68. The Balaban J connectivity index is 1.79. The van der Waals surface area contributed by atoms with Gasteiger partial charge >= 0.3 is 0 Å². The van der Waals surface area contributed by atoms with Crippen LogP contribution in [0.2, 0.25) is 10.0 Å². The van der Waals surface area contributed by atoms with Crippen molar-refractivity contribution in [3.63, 3.8) is 0 Å². The Morgan fingerprint density at radius 1 is 1.24 bits per heavy atom. The molecule has 29 heavy (non-hydrogen) atoms. The van der Waals surface area contributed by atoms with Crippen LogP contribution in [0.15, 0.2) is 41.3 Å². The molecule has 0 aromatic heterocycles. The molecular formula is C19H19Cl2FN2O4S. The van der Waals surface area contributed by atoms with E-state index >= 15 is 0 Å². The van der Waals surface area contributed by atoms with Gasteiger partial charge in [0.25, 0.3) is 0 Å². The van der Waals surface area contributed by atoms with E-state index < -0.39 is 21.8 Å². The van der Waals surface area contributed by atoms with E-state index in [1.165, 1.54) is 23.5 Å². The largest absolute Gasteiger partial charge is 0.495 e. The van der Waals surface area contributed by atoms with Crippen molar-refractivity contribution in [1.82, 2.24) is 4.31 Å². The number of halogens is 3. The predicted molar refractivity (Wildman–Crippen MR) is 110 cm³/mol. The second kappa shape index (κ2) is 8.87. The lowest BCUT2D eigenvalue weighted by atomic mass is 9.99. The van der Waals surface area contributed by atoms with E-state index in [4.69, 9.17) is 27.9 Å². The highest BCUT2D eigenvalue weighted by atomic mass is 35.5. The summed E-state index contributed by atoms with van der Waals surface area (Å²) in [7, 11) is -2.72. The average Bonchev–Trinajstić information content (AvgIpc) is 2.70. The SMILES string of the molecule is COc1ccc(F)cc1S(=O)(=O)N1CCC[C@@H](C(=O)Nc2ccc(Cl)cc2Cl)C1. The zero-order valence-electron chi connectivity index (χ0n) is 15.5. The smallest absolute Gasteiger partial charge is 0.246 e. The number of sulfonamides is 1. The van der Waals surface area contributed by atoms with Crippen molar-refractivity contribution in [2.75, 3.05) is 25.5 Å². The van der Waals surface area contributed by atoms with Gasteiger partial charge in [-0.15, -0.1) is 0 Å². The summed E-state index contributed by atoms with van der Waals surface area (Å²) in [5.41, 5.74) is 0.396. The third-order valence-electron chi connectivity index (χ3n) is 4.69. The first-order chi connectivity index (χ1) is 13.7. The van der Waals surface area contributed by atoms with Gasteiger partial charge in [-0.1, -0.05) is 23.2 Å². The number of anilines is 1. The lowest BCUT2D eigenvalue weighted by molar-refractivity contribution is -0.120. The van der Waals surface area contributed by atoms with E-state index in [1.54, 1.807) is 12.1 Å². The molecule has 0 unspecified atom stereocenters. The maximum Gasteiger partial charge on any atom is 0.246 e. The van der Waals surface area contributed by atoms with Crippen molar-refractivity contribution >= 4 is 44.8 Å². The van der Waals surface area contributed by atoms with Crippen molar-refractivity contribution in [1.29, 1.82) is 0 Å². The summed E-state index contributed by atoms with van der Waals surface area (Å²) in [4.78, 5) is 12.4. The molecule has 0 spiro atoms. The molecule has 10 heteroatoms. The maximum absolute atomic E-state index is 13.7. The summed E-state index contributed by atoms with van der Waals surface area (Å²) < 4.78 is 46.0. The number of hydrogen-bond donors (Lipinski definition) is 1. The molecule has 1 fully saturated rings. The van der Waals surface area contributed by atoms with Gasteiger partial charge in [-0.05, 0) is 49.2 Å². The molecule has 1 saturated heterocycles.